The smallest absolute Gasteiger partial charge is 0.346 e. The van der Waals surface area contributed by atoms with Gasteiger partial charge in [0.25, 0.3) is 0 Å². The lowest BCUT2D eigenvalue weighted by atomic mass is 10.0. The molecule has 1 atom stereocenters. The van der Waals surface area contributed by atoms with Gasteiger partial charge in [0.2, 0.25) is 0 Å². The Morgan fingerprint density at radius 1 is 1.37 bits per heavy atom. The Bertz CT molecular complexity index is 541. The fourth-order valence-electron chi connectivity index (χ4n) is 1.95. The van der Waals surface area contributed by atoms with Gasteiger partial charge in [0.15, 0.2) is 17.6 Å². The van der Waals surface area contributed by atoms with Crippen LogP contribution in [0.25, 0.3) is 0 Å². The molecule has 5 heteroatoms. The van der Waals surface area contributed by atoms with Gasteiger partial charge in [-0.15, -0.1) is 0 Å². The molecule has 0 aromatic heterocycles. The zero-order valence-corrected chi connectivity index (χ0v) is 10.7. The number of aliphatic hydroxyl groups is 1. The largest absolute Gasteiger partial charge is 0.507 e. The standard InChI is InChI=1S/C14H14O5/c1-8(15)12-13(16)11(19-14(12)17)7-9-3-5-10(18-2)6-4-9/h3-6,11,16H,7H2,1-2H3. The van der Waals surface area contributed by atoms with E-state index >= 15 is 0 Å². The van der Waals surface area contributed by atoms with Gasteiger partial charge in [0.05, 0.1) is 7.11 Å². The molecule has 1 aromatic rings. The van der Waals surface area contributed by atoms with E-state index in [1.165, 1.54) is 6.92 Å². The monoisotopic (exact) mass is 262 g/mol. The van der Waals surface area contributed by atoms with Crippen molar-refractivity contribution in [3.63, 3.8) is 0 Å². The van der Waals surface area contributed by atoms with Crippen LogP contribution in [0.3, 0.4) is 0 Å². The third-order valence-corrected chi connectivity index (χ3v) is 2.95. The van der Waals surface area contributed by atoms with Crippen molar-refractivity contribution < 1.29 is 24.2 Å². The van der Waals surface area contributed by atoms with Crippen LogP contribution in [0.1, 0.15) is 12.5 Å². The highest BCUT2D eigenvalue weighted by atomic mass is 16.6. The fraction of sp³-hybridized carbons (Fsp3) is 0.286. The molecule has 0 fully saturated rings. The van der Waals surface area contributed by atoms with E-state index in [9.17, 15) is 14.7 Å². The minimum atomic E-state index is -0.792. The summed E-state index contributed by atoms with van der Waals surface area (Å²) in [6.45, 7) is 1.22. The first kappa shape index (κ1) is 13.1. The topological polar surface area (TPSA) is 72.8 Å². The van der Waals surface area contributed by atoms with E-state index in [4.69, 9.17) is 9.47 Å². The molecular formula is C14H14O5. The summed E-state index contributed by atoms with van der Waals surface area (Å²) in [4.78, 5) is 22.7. The second kappa shape index (κ2) is 5.14. The van der Waals surface area contributed by atoms with Gasteiger partial charge in [0, 0.05) is 6.42 Å². The predicted octanol–water partition coefficient (Wildman–Crippen LogP) is 1.56. The number of carbonyl (C=O) groups is 2. The van der Waals surface area contributed by atoms with Gasteiger partial charge in [-0.05, 0) is 24.6 Å². The highest BCUT2D eigenvalue weighted by Gasteiger charge is 2.36. The van der Waals surface area contributed by atoms with Gasteiger partial charge in [0.1, 0.15) is 11.3 Å². The quantitative estimate of drug-likeness (QED) is 0.658. The number of ether oxygens (including phenoxy) is 2. The van der Waals surface area contributed by atoms with E-state index in [0.29, 0.717) is 6.42 Å². The third-order valence-electron chi connectivity index (χ3n) is 2.95. The molecule has 2 rings (SSSR count). The van der Waals surface area contributed by atoms with Crippen LogP contribution in [0.5, 0.6) is 5.75 Å². The summed E-state index contributed by atoms with van der Waals surface area (Å²) in [5, 5.41) is 9.84. The van der Waals surface area contributed by atoms with Crippen LogP contribution in [0, 0.1) is 0 Å². The molecule has 0 aliphatic carbocycles. The maximum absolute atomic E-state index is 11.4. The number of ketones is 1. The van der Waals surface area contributed by atoms with E-state index in [1.54, 1.807) is 19.2 Å². The molecule has 0 saturated carbocycles. The van der Waals surface area contributed by atoms with E-state index in [2.05, 4.69) is 0 Å². The summed E-state index contributed by atoms with van der Waals surface area (Å²) >= 11 is 0. The number of hydrogen-bond acceptors (Lipinski definition) is 5. The van der Waals surface area contributed by atoms with E-state index < -0.39 is 17.9 Å². The minimum absolute atomic E-state index is 0.251. The van der Waals surface area contributed by atoms with Crippen molar-refractivity contribution >= 4 is 11.8 Å². The van der Waals surface area contributed by atoms with E-state index in [-0.39, 0.29) is 11.3 Å². The summed E-state index contributed by atoms with van der Waals surface area (Å²) in [6.07, 6.45) is -0.474. The molecule has 1 heterocycles. The normalized spacial score (nSPS) is 18.4. The van der Waals surface area contributed by atoms with Crippen molar-refractivity contribution in [1.29, 1.82) is 0 Å². The summed E-state index contributed by atoms with van der Waals surface area (Å²) in [5.74, 6) is -0.812. The summed E-state index contributed by atoms with van der Waals surface area (Å²) in [6, 6.07) is 7.18. The molecule has 1 unspecified atom stereocenters. The van der Waals surface area contributed by atoms with Gasteiger partial charge >= 0.3 is 5.97 Å². The summed E-state index contributed by atoms with van der Waals surface area (Å²) in [7, 11) is 1.57. The minimum Gasteiger partial charge on any atom is -0.507 e. The van der Waals surface area contributed by atoms with Crippen molar-refractivity contribution in [1.82, 2.24) is 0 Å². The number of Topliss-reactive ketones (excluding diaryl/α,β-unsaturated/α-hetero) is 1. The summed E-state index contributed by atoms with van der Waals surface area (Å²) in [5.41, 5.74) is 0.619. The number of esters is 1. The van der Waals surface area contributed by atoms with Crippen LogP contribution in [-0.2, 0) is 20.7 Å². The van der Waals surface area contributed by atoms with Gasteiger partial charge in [-0.2, -0.15) is 0 Å². The lowest BCUT2D eigenvalue weighted by molar-refractivity contribution is -0.140. The second-order valence-electron chi connectivity index (χ2n) is 4.26. The highest BCUT2D eigenvalue weighted by Crippen LogP contribution is 2.25. The van der Waals surface area contributed by atoms with Crippen LogP contribution < -0.4 is 4.74 Å². The first-order chi connectivity index (χ1) is 9.02. The zero-order valence-electron chi connectivity index (χ0n) is 10.7. The van der Waals surface area contributed by atoms with Crippen molar-refractivity contribution in [3.8, 4) is 5.75 Å². The first-order valence-electron chi connectivity index (χ1n) is 5.81. The van der Waals surface area contributed by atoms with Gasteiger partial charge < -0.3 is 14.6 Å². The number of benzene rings is 1. The highest BCUT2D eigenvalue weighted by molar-refractivity contribution is 6.18. The number of cyclic esters (lactones) is 1. The maximum Gasteiger partial charge on any atom is 0.346 e. The Morgan fingerprint density at radius 3 is 2.47 bits per heavy atom. The summed E-state index contributed by atoms with van der Waals surface area (Å²) < 4.78 is 10.0. The second-order valence-corrected chi connectivity index (χ2v) is 4.26. The van der Waals surface area contributed by atoms with Crippen LogP contribution in [0.2, 0.25) is 0 Å². The number of methoxy groups -OCH3 is 1. The molecule has 0 radical (unpaired) electrons. The van der Waals surface area contributed by atoms with Crippen molar-refractivity contribution in [2.75, 3.05) is 7.11 Å². The van der Waals surface area contributed by atoms with Crippen LogP contribution in [0.15, 0.2) is 35.6 Å². The molecule has 5 nitrogen and oxygen atoms in total. The fourth-order valence-corrected chi connectivity index (χ4v) is 1.95. The van der Waals surface area contributed by atoms with Crippen molar-refractivity contribution in [3.05, 3.63) is 41.2 Å². The average Bonchev–Trinajstić information content (AvgIpc) is 2.65. The molecule has 1 aromatic carbocycles. The molecule has 0 bridgehead atoms. The molecule has 0 saturated heterocycles. The van der Waals surface area contributed by atoms with Crippen LogP contribution in [0.4, 0.5) is 0 Å². The molecule has 1 aliphatic heterocycles. The van der Waals surface area contributed by atoms with E-state index in [1.807, 2.05) is 12.1 Å². The number of carbonyl (C=O) groups excluding carboxylic acids is 2. The molecule has 19 heavy (non-hydrogen) atoms. The molecule has 0 amide bonds. The molecule has 0 spiro atoms. The average molecular weight is 262 g/mol. The van der Waals surface area contributed by atoms with Crippen LogP contribution >= 0.6 is 0 Å². The number of hydrogen-bond donors (Lipinski definition) is 1. The molecule has 100 valence electrons. The molecule has 1 N–H and O–H groups in total. The lowest BCUT2D eigenvalue weighted by Gasteiger charge is -2.10. The van der Waals surface area contributed by atoms with Crippen LogP contribution in [-0.4, -0.2) is 30.1 Å². The predicted molar refractivity (Wildman–Crippen MR) is 66.9 cm³/mol. The number of aliphatic hydroxyl groups excluding tert-OH is 1. The van der Waals surface area contributed by atoms with Gasteiger partial charge in [-0.25, -0.2) is 4.79 Å². The Morgan fingerprint density at radius 2 is 2.00 bits per heavy atom. The first-order valence-corrected chi connectivity index (χ1v) is 5.81. The lowest BCUT2D eigenvalue weighted by Crippen LogP contribution is -2.14. The Labute approximate surface area is 110 Å². The van der Waals surface area contributed by atoms with Crippen molar-refractivity contribution in [2.24, 2.45) is 0 Å². The third kappa shape index (κ3) is 2.59. The maximum atomic E-state index is 11.4. The Balaban J connectivity index is 2.16. The zero-order chi connectivity index (χ0) is 14.0. The van der Waals surface area contributed by atoms with Gasteiger partial charge in [-0.3, -0.25) is 4.79 Å². The van der Waals surface area contributed by atoms with Gasteiger partial charge in [-0.1, -0.05) is 12.1 Å². The Kier molecular flexibility index (Phi) is 3.55. The Hall–Kier alpha value is -2.30. The molecular weight excluding hydrogens is 248 g/mol. The number of rotatable bonds is 4. The SMILES string of the molecule is COc1ccc(CC2OC(=O)C(C(C)=O)=C2O)cc1. The molecule has 1 aliphatic rings. The van der Waals surface area contributed by atoms with Crippen molar-refractivity contribution in [2.45, 2.75) is 19.4 Å². The van der Waals surface area contributed by atoms with E-state index in [0.717, 1.165) is 11.3 Å².